The minimum atomic E-state index is 0.156. The number of hydrogen-bond donors (Lipinski definition) is 2. The van der Waals surface area contributed by atoms with Crippen LogP contribution in [0, 0.1) is 0 Å². The van der Waals surface area contributed by atoms with Gasteiger partial charge in [0.15, 0.2) is 0 Å². The number of H-pyrrole nitrogens is 2. The topological polar surface area (TPSA) is 57.4 Å². The van der Waals surface area contributed by atoms with Gasteiger partial charge in [0.1, 0.15) is 5.82 Å². The maximum Gasteiger partial charge on any atom is 0.108 e. The van der Waals surface area contributed by atoms with Gasteiger partial charge in [-0.1, -0.05) is 74.7 Å². The molecule has 0 fully saturated rings. The van der Waals surface area contributed by atoms with E-state index in [1.54, 1.807) is 6.33 Å². The van der Waals surface area contributed by atoms with Crippen molar-refractivity contribution in [1.82, 2.24) is 19.9 Å². The van der Waals surface area contributed by atoms with Gasteiger partial charge in [-0.2, -0.15) is 0 Å². The van der Waals surface area contributed by atoms with Gasteiger partial charge in [-0.3, -0.25) is 0 Å². The van der Waals surface area contributed by atoms with Crippen molar-refractivity contribution in [3.63, 3.8) is 0 Å². The van der Waals surface area contributed by atoms with Crippen LogP contribution in [-0.4, -0.2) is 19.9 Å². The first-order valence-corrected chi connectivity index (χ1v) is 9.62. The number of nitrogens with zero attached hydrogens (tertiary/aromatic N) is 2. The molecule has 4 nitrogen and oxygen atoms in total. The summed E-state index contributed by atoms with van der Waals surface area (Å²) in [5.41, 5.74) is 2.81. The third-order valence-electron chi connectivity index (χ3n) is 4.55. The number of unbranched alkanes of at least 4 members (excludes halogenated alkanes) is 2. The maximum atomic E-state index is 4.53. The minimum absolute atomic E-state index is 0.156. The third kappa shape index (κ3) is 7.05. The number of imidazole rings is 2. The maximum absolute atomic E-state index is 4.53. The first-order valence-electron chi connectivity index (χ1n) is 9.62. The van der Waals surface area contributed by atoms with E-state index in [1.165, 1.54) is 31.4 Å². The van der Waals surface area contributed by atoms with Gasteiger partial charge in [-0.25, -0.2) is 9.97 Å². The standard InChI is InChI=1S/C11H20N2.C10H18N2/c1-4-5-6-7-11(2,3)10-8-12-9-13-10;1-7(2)9-11-6-8(12-9)10(3,4)5/h8-9H,4-7H2,1-3H3,(H,12,13);6-7H,1-5H3,(H,11,12). The molecule has 2 aromatic heterocycles. The van der Waals surface area contributed by atoms with Crippen LogP contribution in [0.15, 0.2) is 18.7 Å². The molecular weight excluding hydrogens is 308 g/mol. The highest BCUT2D eigenvalue weighted by Gasteiger charge is 2.21. The van der Waals surface area contributed by atoms with Gasteiger partial charge < -0.3 is 9.97 Å². The van der Waals surface area contributed by atoms with Crippen LogP contribution in [0.5, 0.6) is 0 Å². The molecule has 142 valence electrons. The fourth-order valence-corrected chi connectivity index (χ4v) is 2.59. The number of aromatic nitrogens is 4. The molecule has 0 aliphatic rings. The molecular formula is C21H38N4. The quantitative estimate of drug-likeness (QED) is 0.621. The average molecular weight is 347 g/mol. The summed E-state index contributed by atoms with van der Waals surface area (Å²) < 4.78 is 0. The zero-order chi connectivity index (χ0) is 19.1. The Morgan fingerprint density at radius 3 is 2.12 bits per heavy atom. The largest absolute Gasteiger partial charge is 0.348 e. The first kappa shape index (κ1) is 21.5. The Morgan fingerprint density at radius 2 is 1.72 bits per heavy atom. The van der Waals surface area contributed by atoms with Gasteiger partial charge >= 0.3 is 0 Å². The second-order valence-corrected chi connectivity index (χ2v) is 8.88. The Kier molecular flexibility index (Phi) is 7.91. The lowest BCUT2D eigenvalue weighted by molar-refractivity contribution is 0.440. The van der Waals surface area contributed by atoms with Crippen LogP contribution < -0.4 is 0 Å². The number of aromatic amines is 2. The minimum Gasteiger partial charge on any atom is -0.348 e. The molecule has 0 aromatic carbocycles. The normalized spacial score (nSPS) is 12.2. The van der Waals surface area contributed by atoms with Crippen molar-refractivity contribution in [2.75, 3.05) is 0 Å². The Labute approximate surface area is 154 Å². The molecule has 0 atom stereocenters. The number of hydrogen-bond acceptors (Lipinski definition) is 2. The monoisotopic (exact) mass is 346 g/mol. The fraction of sp³-hybridized carbons (Fsp3) is 0.714. The molecule has 2 aromatic rings. The average Bonchev–Trinajstić information content (AvgIpc) is 3.19. The molecule has 0 amide bonds. The first-order chi connectivity index (χ1) is 11.6. The van der Waals surface area contributed by atoms with Crippen LogP contribution in [-0.2, 0) is 10.8 Å². The molecule has 4 heteroatoms. The zero-order valence-electron chi connectivity index (χ0n) is 17.5. The van der Waals surface area contributed by atoms with Gasteiger partial charge in [-0.15, -0.1) is 0 Å². The Bertz CT molecular complexity index is 586. The van der Waals surface area contributed by atoms with Gasteiger partial charge in [0, 0.05) is 34.8 Å². The molecule has 0 unspecified atom stereocenters. The van der Waals surface area contributed by atoms with E-state index >= 15 is 0 Å². The van der Waals surface area contributed by atoms with Gasteiger partial charge in [0.05, 0.1) is 12.0 Å². The third-order valence-corrected chi connectivity index (χ3v) is 4.55. The van der Waals surface area contributed by atoms with Crippen molar-refractivity contribution >= 4 is 0 Å². The Morgan fingerprint density at radius 1 is 1.04 bits per heavy atom. The highest BCUT2D eigenvalue weighted by molar-refractivity contribution is 5.12. The molecule has 0 spiro atoms. The number of rotatable bonds is 6. The summed E-state index contributed by atoms with van der Waals surface area (Å²) in [6, 6.07) is 0. The molecule has 2 N–H and O–H groups in total. The summed E-state index contributed by atoms with van der Waals surface area (Å²) in [6.45, 7) is 17.6. The molecule has 2 rings (SSSR count). The molecule has 0 saturated carbocycles. The second kappa shape index (κ2) is 9.21. The van der Waals surface area contributed by atoms with Crippen molar-refractivity contribution < 1.29 is 0 Å². The zero-order valence-corrected chi connectivity index (χ0v) is 17.5. The summed E-state index contributed by atoms with van der Waals surface area (Å²) in [5.74, 6) is 1.57. The van der Waals surface area contributed by atoms with E-state index in [1.807, 2.05) is 12.4 Å². The fourth-order valence-electron chi connectivity index (χ4n) is 2.59. The molecule has 0 radical (unpaired) electrons. The highest BCUT2D eigenvalue weighted by atomic mass is 14.9. The summed E-state index contributed by atoms with van der Waals surface area (Å²) in [4.78, 5) is 15.0. The van der Waals surface area contributed by atoms with Crippen molar-refractivity contribution in [1.29, 1.82) is 0 Å². The van der Waals surface area contributed by atoms with Crippen LogP contribution in [0.3, 0.4) is 0 Å². The van der Waals surface area contributed by atoms with Crippen molar-refractivity contribution in [3.05, 3.63) is 35.9 Å². The van der Waals surface area contributed by atoms with Crippen LogP contribution >= 0.6 is 0 Å². The van der Waals surface area contributed by atoms with Gasteiger partial charge in [-0.05, 0) is 6.42 Å². The molecule has 25 heavy (non-hydrogen) atoms. The summed E-state index contributed by atoms with van der Waals surface area (Å²) in [6.07, 6.45) is 10.9. The van der Waals surface area contributed by atoms with Crippen LogP contribution in [0.1, 0.15) is 104 Å². The van der Waals surface area contributed by atoms with E-state index in [0.717, 1.165) is 11.5 Å². The van der Waals surface area contributed by atoms with Crippen LogP contribution in [0.2, 0.25) is 0 Å². The summed E-state index contributed by atoms with van der Waals surface area (Å²) in [5, 5.41) is 0. The van der Waals surface area contributed by atoms with E-state index in [4.69, 9.17) is 0 Å². The van der Waals surface area contributed by atoms with Crippen LogP contribution in [0.25, 0.3) is 0 Å². The van der Waals surface area contributed by atoms with E-state index in [-0.39, 0.29) is 10.8 Å². The molecule has 2 heterocycles. The smallest absolute Gasteiger partial charge is 0.108 e. The van der Waals surface area contributed by atoms with E-state index in [9.17, 15) is 0 Å². The van der Waals surface area contributed by atoms with E-state index in [0.29, 0.717) is 5.92 Å². The number of nitrogens with one attached hydrogen (secondary N) is 2. The summed E-state index contributed by atoms with van der Waals surface area (Å²) >= 11 is 0. The molecule has 0 aliphatic carbocycles. The van der Waals surface area contributed by atoms with Crippen molar-refractivity contribution in [2.45, 2.75) is 97.8 Å². The SMILES string of the molecule is CC(C)c1nc(C(C)(C)C)c[nH]1.CCCCCC(C)(C)c1cnc[nH]1. The van der Waals surface area contributed by atoms with Gasteiger partial charge in [0.25, 0.3) is 0 Å². The lowest BCUT2D eigenvalue weighted by Gasteiger charge is -2.22. The lowest BCUT2D eigenvalue weighted by atomic mass is 9.84. The van der Waals surface area contributed by atoms with Crippen molar-refractivity contribution in [2.24, 2.45) is 0 Å². The molecule has 0 saturated heterocycles. The van der Waals surface area contributed by atoms with E-state index < -0.39 is 0 Å². The van der Waals surface area contributed by atoms with E-state index in [2.05, 4.69) is 75.3 Å². The van der Waals surface area contributed by atoms with Gasteiger partial charge in [0.2, 0.25) is 0 Å². The predicted octanol–water partition coefficient (Wildman–Crippen LogP) is 6.10. The lowest BCUT2D eigenvalue weighted by Crippen LogP contribution is -2.17. The summed E-state index contributed by atoms with van der Waals surface area (Å²) in [7, 11) is 0. The van der Waals surface area contributed by atoms with Crippen molar-refractivity contribution in [3.8, 4) is 0 Å². The second-order valence-electron chi connectivity index (χ2n) is 8.88. The molecule has 0 aliphatic heterocycles. The van der Waals surface area contributed by atoms with Crippen LogP contribution in [0.4, 0.5) is 0 Å². The highest BCUT2D eigenvalue weighted by Crippen LogP contribution is 2.27. The Hall–Kier alpha value is -1.58. The Balaban J connectivity index is 0.000000251. The molecule has 0 bridgehead atoms. The predicted molar refractivity (Wildman–Crippen MR) is 107 cm³/mol.